The molecular formula is C39H65N5O8. The van der Waals surface area contributed by atoms with Crippen molar-refractivity contribution >= 4 is 35.7 Å². The van der Waals surface area contributed by atoms with Crippen LogP contribution < -0.4 is 21.3 Å². The van der Waals surface area contributed by atoms with Crippen molar-refractivity contribution in [1.82, 2.24) is 26.2 Å². The number of nitrogens with zero attached hydrogens (tertiary/aromatic N) is 1. The molecule has 13 nitrogen and oxygen atoms in total. The number of carbonyl (C=O) groups excluding carboxylic acids is 6. The number of esters is 1. The van der Waals surface area contributed by atoms with Crippen molar-refractivity contribution in [2.24, 2.45) is 23.7 Å². The summed E-state index contributed by atoms with van der Waals surface area (Å²) in [6.45, 7) is 20.2. The van der Waals surface area contributed by atoms with Gasteiger partial charge in [0.25, 0.3) is 0 Å². The van der Waals surface area contributed by atoms with Crippen molar-refractivity contribution in [2.45, 2.75) is 138 Å². The SMILES string of the molecule is COC(=O)[C@H](Cc1ccccc1)NC(=O)[C@H](CC(C)C)N(C)C(=O)[C@@H](NC(=O)[C@H](CC(C)C)NC(=O)[C@H](CC(C)C)NC(=O)OC(C)(C)C)C(C)C. The average molecular weight is 732 g/mol. The van der Waals surface area contributed by atoms with E-state index in [1.807, 2.05) is 71.9 Å². The number of rotatable bonds is 19. The van der Waals surface area contributed by atoms with E-state index in [0.717, 1.165) is 5.56 Å². The Morgan fingerprint density at radius 2 is 1.15 bits per heavy atom. The van der Waals surface area contributed by atoms with Crippen LogP contribution in [0.5, 0.6) is 0 Å². The summed E-state index contributed by atoms with van der Waals surface area (Å²) in [6, 6.07) is 4.24. The number of amides is 5. The van der Waals surface area contributed by atoms with Crippen molar-refractivity contribution in [3.63, 3.8) is 0 Å². The van der Waals surface area contributed by atoms with Crippen LogP contribution in [-0.4, -0.2) is 90.6 Å². The third kappa shape index (κ3) is 16.5. The summed E-state index contributed by atoms with van der Waals surface area (Å²) >= 11 is 0. The van der Waals surface area contributed by atoms with Crippen molar-refractivity contribution in [3.05, 3.63) is 35.9 Å². The highest BCUT2D eigenvalue weighted by molar-refractivity contribution is 5.96. The minimum Gasteiger partial charge on any atom is -0.467 e. The van der Waals surface area contributed by atoms with E-state index >= 15 is 0 Å². The van der Waals surface area contributed by atoms with Crippen LogP contribution in [0.2, 0.25) is 0 Å². The molecule has 4 N–H and O–H groups in total. The molecule has 294 valence electrons. The zero-order chi connectivity index (χ0) is 39.9. The van der Waals surface area contributed by atoms with Gasteiger partial charge in [-0.15, -0.1) is 0 Å². The minimum atomic E-state index is -1.04. The van der Waals surface area contributed by atoms with E-state index < -0.39 is 71.5 Å². The average Bonchev–Trinajstić information content (AvgIpc) is 3.02. The van der Waals surface area contributed by atoms with Crippen LogP contribution in [0.1, 0.15) is 101 Å². The molecule has 1 rings (SSSR count). The highest BCUT2D eigenvalue weighted by Gasteiger charge is 2.37. The number of ether oxygens (including phenoxy) is 2. The summed E-state index contributed by atoms with van der Waals surface area (Å²) in [5.74, 6) is -3.11. The molecular weight excluding hydrogens is 666 g/mol. The first-order chi connectivity index (χ1) is 24.1. The number of benzene rings is 1. The molecule has 0 bridgehead atoms. The summed E-state index contributed by atoms with van der Waals surface area (Å²) < 4.78 is 10.3. The first kappa shape index (κ1) is 45.9. The number of hydrogen-bond acceptors (Lipinski definition) is 8. The van der Waals surface area contributed by atoms with Crippen LogP contribution >= 0.6 is 0 Å². The molecule has 0 aliphatic carbocycles. The van der Waals surface area contributed by atoms with E-state index in [-0.39, 0.29) is 36.5 Å². The maximum atomic E-state index is 14.1. The standard InChI is InChI=1S/C39H65N5O8/c1-23(2)19-28(40-33(45)29(20-24(3)4)42-38(50)52-39(9,10)11)34(46)43-32(26(7)8)36(48)44(12)31(21-25(5)6)35(47)41-30(37(49)51-13)22-27-17-15-14-16-18-27/h14-18,23-26,28-32H,19-22H2,1-13H3,(H,40,45)(H,41,47)(H,42,50)(H,43,46)/t28-,29-,30-,31-,32-/m0/s1. The van der Waals surface area contributed by atoms with Crippen molar-refractivity contribution in [2.75, 3.05) is 14.2 Å². The molecule has 0 saturated heterocycles. The first-order valence-electron chi connectivity index (χ1n) is 18.3. The zero-order valence-corrected chi connectivity index (χ0v) is 33.6. The lowest BCUT2D eigenvalue weighted by Gasteiger charge is -2.34. The molecule has 5 amide bonds. The lowest BCUT2D eigenvalue weighted by atomic mass is 9.96. The van der Waals surface area contributed by atoms with Crippen LogP contribution in [0.15, 0.2) is 30.3 Å². The number of alkyl carbamates (subject to hydrolysis) is 1. The predicted molar refractivity (Wildman–Crippen MR) is 201 cm³/mol. The topological polar surface area (TPSA) is 172 Å². The quantitative estimate of drug-likeness (QED) is 0.152. The van der Waals surface area contributed by atoms with Gasteiger partial charge in [-0.2, -0.15) is 0 Å². The molecule has 0 aromatic heterocycles. The molecule has 1 aromatic rings. The van der Waals surface area contributed by atoms with Crippen molar-refractivity contribution in [3.8, 4) is 0 Å². The number of methoxy groups -OCH3 is 1. The third-order valence-corrected chi connectivity index (χ3v) is 8.18. The second kappa shape index (κ2) is 21.4. The first-order valence-corrected chi connectivity index (χ1v) is 18.3. The van der Waals surface area contributed by atoms with Crippen LogP contribution in [0.25, 0.3) is 0 Å². The van der Waals surface area contributed by atoms with Gasteiger partial charge in [0.2, 0.25) is 23.6 Å². The van der Waals surface area contributed by atoms with Gasteiger partial charge in [0.05, 0.1) is 7.11 Å². The van der Waals surface area contributed by atoms with Gasteiger partial charge in [-0.05, 0) is 69.3 Å². The second-order valence-corrected chi connectivity index (χ2v) is 16.1. The second-order valence-electron chi connectivity index (χ2n) is 16.1. The Bertz CT molecular complexity index is 1330. The molecule has 0 radical (unpaired) electrons. The van der Waals surface area contributed by atoms with E-state index in [9.17, 15) is 28.8 Å². The van der Waals surface area contributed by atoms with Gasteiger partial charge in [0.15, 0.2) is 0 Å². The highest BCUT2D eigenvalue weighted by atomic mass is 16.6. The highest BCUT2D eigenvalue weighted by Crippen LogP contribution is 2.17. The van der Waals surface area contributed by atoms with Crippen molar-refractivity contribution < 1.29 is 38.2 Å². The van der Waals surface area contributed by atoms with E-state index in [1.54, 1.807) is 34.6 Å². The molecule has 0 heterocycles. The van der Waals surface area contributed by atoms with E-state index in [4.69, 9.17) is 9.47 Å². The Morgan fingerprint density at radius 1 is 0.673 bits per heavy atom. The number of nitrogens with one attached hydrogen (secondary N) is 4. The summed E-state index contributed by atoms with van der Waals surface area (Å²) in [4.78, 5) is 82.0. The molecule has 5 atom stereocenters. The fourth-order valence-corrected chi connectivity index (χ4v) is 5.61. The van der Waals surface area contributed by atoms with Gasteiger partial charge in [-0.3, -0.25) is 19.2 Å². The number of carbonyl (C=O) groups is 6. The summed E-state index contributed by atoms with van der Waals surface area (Å²) in [7, 11) is 2.76. The van der Waals surface area contributed by atoms with E-state index in [2.05, 4.69) is 21.3 Å². The van der Waals surface area contributed by atoms with E-state index in [1.165, 1.54) is 19.1 Å². The summed E-state index contributed by atoms with van der Waals surface area (Å²) in [6.07, 6.45) is 0.316. The zero-order valence-electron chi connectivity index (χ0n) is 33.6. The van der Waals surface area contributed by atoms with Crippen LogP contribution in [0, 0.1) is 23.7 Å². The molecule has 0 fully saturated rings. The third-order valence-electron chi connectivity index (χ3n) is 8.18. The van der Waals surface area contributed by atoms with Crippen LogP contribution in [-0.2, 0) is 39.9 Å². The fraction of sp³-hybridized carbons (Fsp3) is 0.692. The Kier molecular flexibility index (Phi) is 18.9. The van der Waals surface area contributed by atoms with Crippen LogP contribution in [0.4, 0.5) is 4.79 Å². The monoisotopic (exact) mass is 731 g/mol. The van der Waals surface area contributed by atoms with E-state index in [0.29, 0.717) is 12.8 Å². The Morgan fingerprint density at radius 3 is 1.62 bits per heavy atom. The summed E-state index contributed by atoms with van der Waals surface area (Å²) in [5, 5.41) is 11.1. The Labute approximate surface area is 311 Å². The van der Waals surface area contributed by atoms with Gasteiger partial charge in [0, 0.05) is 13.5 Å². The molecule has 0 aliphatic heterocycles. The maximum Gasteiger partial charge on any atom is 0.408 e. The Balaban J connectivity index is 3.30. The molecule has 13 heteroatoms. The minimum absolute atomic E-state index is 0.00231. The maximum absolute atomic E-state index is 14.1. The van der Waals surface area contributed by atoms with Gasteiger partial charge in [-0.25, -0.2) is 9.59 Å². The molecule has 52 heavy (non-hydrogen) atoms. The largest absolute Gasteiger partial charge is 0.467 e. The van der Waals surface area contributed by atoms with Crippen molar-refractivity contribution in [1.29, 1.82) is 0 Å². The normalized spacial score (nSPS) is 14.6. The lowest BCUT2D eigenvalue weighted by molar-refractivity contribution is -0.147. The number of hydrogen-bond donors (Lipinski definition) is 4. The smallest absolute Gasteiger partial charge is 0.408 e. The fourth-order valence-electron chi connectivity index (χ4n) is 5.61. The molecule has 1 aromatic carbocycles. The molecule has 0 aliphatic rings. The van der Waals surface area contributed by atoms with Gasteiger partial charge in [0.1, 0.15) is 35.8 Å². The lowest BCUT2D eigenvalue weighted by Crippen LogP contribution is -2.60. The number of likely N-dealkylation sites (N-methyl/N-ethyl adjacent to an activating group) is 1. The molecule has 0 saturated carbocycles. The Hall–Kier alpha value is -4.16. The summed E-state index contributed by atoms with van der Waals surface area (Å²) in [5.41, 5.74) is 0.0547. The van der Waals surface area contributed by atoms with Crippen LogP contribution in [0.3, 0.4) is 0 Å². The predicted octanol–water partition coefficient (Wildman–Crippen LogP) is 4.37. The van der Waals surface area contributed by atoms with Gasteiger partial charge in [-0.1, -0.05) is 85.7 Å². The molecule has 0 spiro atoms. The van der Waals surface area contributed by atoms with Gasteiger partial charge >= 0.3 is 12.1 Å². The van der Waals surface area contributed by atoms with Gasteiger partial charge < -0.3 is 35.6 Å². The molecule has 0 unspecified atom stereocenters.